The van der Waals surface area contributed by atoms with Crippen LogP contribution in [0.4, 0.5) is 16.0 Å². The van der Waals surface area contributed by atoms with Crippen molar-refractivity contribution in [2.75, 3.05) is 36.5 Å². The number of hydrogen-bond donors (Lipinski definition) is 1. The molecule has 0 spiro atoms. The zero-order valence-electron chi connectivity index (χ0n) is 16.4. The van der Waals surface area contributed by atoms with E-state index in [1.807, 2.05) is 6.92 Å². The smallest absolute Gasteiger partial charge is 0.237 e. The average Bonchev–Trinajstić information content (AvgIpc) is 3.04. The van der Waals surface area contributed by atoms with E-state index in [0.717, 1.165) is 25.6 Å². The Hall–Kier alpha value is -2.13. The summed E-state index contributed by atoms with van der Waals surface area (Å²) in [4.78, 5) is 14.7. The van der Waals surface area contributed by atoms with Gasteiger partial charge in [-0.3, -0.25) is 9.36 Å². The molecule has 0 radical (unpaired) electrons. The highest BCUT2D eigenvalue weighted by molar-refractivity contribution is 8.00. The Balaban J connectivity index is 1.72. The summed E-state index contributed by atoms with van der Waals surface area (Å²) in [5.41, 5.74) is 0.440. The van der Waals surface area contributed by atoms with Gasteiger partial charge in [-0.05, 0) is 31.0 Å². The molecular formula is C19H26FN5O2S. The van der Waals surface area contributed by atoms with Crippen molar-refractivity contribution in [3.63, 3.8) is 0 Å². The van der Waals surface area contributed by atoms with E-state index >= 15 is 0 Å². The van der Waals surface area contributed by atoms with Crippen molar-refractivity contribution >= 4 is 29.3 Å². The average molecular weight is 408 g/mol. The molecule has 1 fully saturated rings. The van der Waals surface area contributed by atoms with Crippen molar-refractivity contribution in [2.45, 2.75) is 37.7 Å². The van der Waals surface area contributed by atoms with Gasteiger partial charge < -0.3 is 15.0 Å². The SMILES string of the molecule is CC(C)Cn1c(S[C@@H](C)C(=O)Nc2cccc(F)c2)nnc1N1CCOCC1. The van der Waals surface area contributed by atoms with Gasteiger partial charge in [-0.2, -0.15) is 0 Å². The van der Waals surface area contributed by atoms with Crippen LogP contribution in [0.3, 0.4) is 0 Å². The molecule has 0 bridgehead atoms. The number of nitrogens with zero attached hydrogens (tertiary/aromatic N) is 4. The zero-order chi connectivity index (χ0) is 20.1. The van der Waals surface area contributed by atoms with Crippen molar-refractivity contribution in [3.05, 3.63) is 30.1 Å². The van der Waals surface area contributed by atoms with Crippen LogP contribution in [0.25, 0.3) is 0 Å². The molecule has 2 heterocycles. The molecule has 28 heavy (non-hydrogen) atoms. The van der Waals surface area contributed by atoms with Gasteiger partial charge in [-0.1, -0.05) is 31.7 Å². The molecule has 1 aromatic heterocycles. The van der Waals surface area contributed by atoms with Crippen molar-refractivity contribution in [1.82, 2.24) is 14.8 Å². The lowest BCUT2D eigenvalue weighted by molar-refractivity contribution is -0.115. The topological polar surface area (TPSA) is 72.3 Å². The number of carbonyl (C=O) groups is 1. The normalized spacial score (nSPS) is 15.7. The van der Waals surface area contributed by atoms with Crippen LogP contribution in [-0.4, -0.2) is 52.2 Å². The molecule has 1 aliphatic rings. The standard InChI is InChI=1S/C19H26FN5O2S/c1-13(2)12-25-18(24-7-9-27-10-8-24)22-23-19(25)28-14(3)17(26)21-16-6-4-5-15(20)11-16/h4-6,11,13-14H,7-10,12H2,1-3H3,(H,21,26)/t14-/m0/s1. The van der Waals surface area contributed by atoms with Crippen molar-refractivity contribution in [2.24, 2.45) is 5.92 Å². The first kappa shape index (κ1) is 20.6. The first-order valence-corrected chi connectivity index (χ1v) is 10.3. The molecule has 1 saturated heterocycles. The summed E-state index contributed by atoms with van der Waals surface area (Å²) in [5, 5.41) is 11.8. The first-order valence-electron chi connectivity index (χ1n) is 9.43. The van der Waals surface area contributed by atoms with Crippen LogP contribution in [0.5, 0.6) is 0 Å². The summed E-state index contributed by atoms with van der Waals surface area (Å²) in [6, 6.07) is 5.87. The van der Waals surface area contributed by atoms with Gasteiger partial charge in [0.2, 0.25) is 11.9 Å². The fraction of sp³-hybridized carbons (Fsp3) is 0.526. The number of amides is 1. The molecule has 0 unspecified atom stereocenters. The number of rotatable bonds is 7. The lowest BCUT2D eigenvalue weighted by Crippen LogP contribution is -2.38. The summed E-state index contributed by atoms with van der Waals surface area (Å²) in [6.45, 7) is 9.73. The molecule has 7 nitrogen and oxygen atoms in total. The number of halogens is 1. The first-order chi connectivity index (χ1) is 13.4. The van der Waals surface area contributed by atoms with E-state index in [4.69, 9.17) is 4.74 Å². The Bertz CT molecular complexity index is 807. The number of ether oxygens (including phenoxy) is 1. The fourth-order valence-corrected chi connectivity index (χ4v) is 3.77. The molecular weight excluding hydrogens is 381 g/mol. The Morgan fingerprint density at radius 1 is 1.29 bits per heavy atom. The minimum absolute atomic E-state index is 0.206. The molecule has 1 aromatic carbocycles. The van der Waals surface area contributed by atoms with E-state index in [0.29, 0.717) is 30.0 Å². The molecule has 9 heteroatoms. The number of anilines is 2. The summed E-state index contributed by atoms with van der Waals surface area (Å²) in [5.74, 6) is 0.636. The van der Waals surface area contributed by atoms with Crippen molar-refractivity contribution in [3.8, 4) is 0 Å². The van der Waals surface area contributed by atoms with Crippen LogP contribution in [-0.2, 0) is 16.1 Å². The summed E-state index contributed by atoms with van der Waals surface area (Å²) >= 11 is 1.35. The molecule has 0 aliphatic carbocycles. The number of thioether (sulfide) groups is 1. The van der Waals surface area contributed by atoms with Gasteiger partial charge in [0.1, 0.15) is 5.82 Å². The maximum absolute atomic E-state index is 13.3. The number of benzene rings is 1. The van der Waals surface area contributed by atoms with E-state index in [9.17, 15) is 9.18 Å². The van der Waals surface area contributed by atoms with Crippen molar-refractivity contribution < 1.29 is 13.9 Å². The Morgan fingerprint density at radius 2 is 2.04 bits per heavy atom. The quantitative estimate of drug-likeness (QED) is 0.712. The third-order valence-electron chi connectivity index (χ3n) is 4.28. The van der Waals surface area contributed by atoms with Crippen LogP contribution in [0, 0.1) is 11.7 Å². The third-order valence-corrected chi connectivity index (χ3v) is 5.36. The van der Waals surface area contributed by atoms with E-state index in [2.05, 4.69) is 38.8 Å². The molecule has 152 valence electrons. The number of morpholine rings is 1. The van der Waals surface area contributed by atoms with Gasteiger partial charge in [0, 0.05) is 25.3 Å². The predicted molar refractivity (Wildman–Crippen MR) is 108 cm³/mol. The fourth-order valence-electron chi connectivity index (χ4n) is 2.91. The van der Waals surface area contributed by atoms with Gasteiger partial charge in [0.15, 0.2) is 5.16 Å². The predicted octanol–water partition coefficient (Wildman–Crippen LogP) is 3.03. The van der Waals surface area contributed by atoms with Gasteiger partial charge in [0.05, 0.1) is 18.5 Å². The number of aromatic nitrogens is 3. The van der Waals surface area contributed by atoms with Gasteiger partial charge in [-0.15, -0.1) is 10.2 Å². The molecule has 1 amide bonds. The number of carbonyl (C=O) groups excluding carboxylic acids is 1. The van der Waals surface area contributed by atoms with Crippen LogP contribution in [0.15, 0.2) is 29.4 Å². The zero-order valence-corrected chi connectivity index (χ0v) is 17.2. The second-order valence-electron chi connectivity index (χ2n) is 7.15. The molecule has 0 saturated carbocycles. The Morgan fingerprint density at radius 3 is 2.71 bits per heavy atom. The minimum atomic E-state index is -0.407. The molecule has 3 rings (SSSR count). The molecule has 2 aromatic rings. The highest BCUT2D eigenvalue weighted by Gasteiger charge is 2.24. The van der Waals surface area contributed by atoms with E-state index in [-0.39, 0.29) is 11.7 Å². The van der Waals surface area contributed by atoms with E-state index in [1.165, 1.54) is 23.9 Å². The summed E-state index contributed by atoms with van der Waals surface area (Å²) in [7, 11) is 0. The van der Waals surface area contributed by atoms with Crippen molar-refractivity contribution in [1.29, 1.82) is 0 Å². The maximum Gasteiger partial charge on any atom is 0.237 e. The largest absolute Gasteiger partial charge is 0.378 e. The van der Waals surface area contributed by atoms with Crippen LogP contribution >= 0.6 is 11.8 Å². The minimum Gasteiger partial charge on any atom is -0.378 e. The van der Waals surface area contributed by atoms with Gasteiger partial charge in [0.25, 0.3) is 0 Å². The van der Waals surface area contributed by atoms with Gasteiger partial charge in [-0.25, -0.2) is 4.39 Å². The summed E-state index contributed by atoms with van der Waals surface area (Å²) in [6.07, 6.45) is 0. The molecule has 1 atom stereocenters. The molecule has 1 aliphatic heterocycles. The van der Waals surface area contributed by atoms with Crippen LogP contribution < -0.4 is 10.2 Å². The number of nitrogens with one attached hydrogen (secondary N) is 1. The Kier molecular flexibility index (Phi) is 6.90. The second kappa shape index (κ2) is 9.38. The van der Waals surface area contributed by atoms with Gasteiger partial charge >= 0.3 is 0 Å². The van der Waals surface area contributed by atoms with E-state index in [1.54, 1.807) is 12.1 Å². The van der Waals surface area contributed by atoms with Crippen LogP contribution in [0.1, 0.15) is 20.8 Å². The monoisotopic (exact) mass is 407 g/mol. The third kappa shape index (κ3) is 5.23. The lowest BCUT2D eigenvalue weighted by Gasteiger charge is -2.28. The highest BCUT2D eigenvalue weighted by atomic mass is 32.2. The summed E-state index contributed by atoms with van der Waals surface area (Å²) < 4.78 is 20.8. The van der Waals surface area contributed by atoms with Crippen LogP contribution in [0.2, 0.25) is 0 Å². The van der Waals surface area contributed by atoms with E-state index < -0.39 is 5.25 Å². The number of hydrogen-bond acceptors (Lipinski definition) is 6. The Labute approximate surface area is 168 Å². The maximum atomic E-state index is 13.3. The highest BCUT2D eigenvalue weighted by Crippen LogP contribution is 2.28. The lowest BCUT2D eigenvalue weighted by atomic mass is 10.2. The molecule has 1 N–H and O–H groups in total. The second-order valence-corrected chi connectivity index (χ2v) is 8.45.